The zero-order chi connectivity index (χ0) is 14.0. The maximum Gasteiger partial charge on any atom is 0.413 e. The number of rotatable bonds is 4. The monoisotopic (exact) mass is 348 g/mol. The smallest absolute Gasteiger partial charge is 0.413 e. The number of amides is 1. The molecule has 0 atom stereocenters. The first kappa shape index (κ1) is 14.0. The summed E-state index contributed by atoms with van der Waals surface area (Å²) in [7, 11) is 1.50. The van der Waals surface area contributed by atoms with Crippen molar-refractivity contribution in [1.82, 2.24) is 14.6 Å². The Morgan fingerprint density at radius 1 is 1.68 bits per heavy atom. The highest BCUT2D eigenvalue weighted by Crippen LogP contribution is 2.24. The molecule has 0 aliphatic rings. The molecule has 0 aliphatic carbocycles. The molecule has 0 radical (unpaired) electrons. The SMILES string of the molecule is COCCN(C(=O)O)c1cc(Cl)nc2c(Br)cnn12. The number of nitrogens with zero attached hydrogens (tertiary/aromatic N) is 4. The summed E-state index contributed by atoms with van der Waals surface area (Å²) < 4.78 is 6.93. The average molecular weight is 350 g/mol. The Kier molecular flexibility index (Phi) is 4.23. The van der Waals surface area contributed by atoms with Gasteiger partial charge >= 0.3 is 6.09 Å². The van der Waals surface area contributed by atoms with Gasteiger partial charge < -0.3 is 9.84 Å². The van der Waals surface area contributed by atoms with Crippen LogP contribution in [0.1, 0.15) is 0 Å². The molecule has 2 aromatic heterocycles. The predicted molar refractivity (Wildman–Crippen MR) is 72.9 cm³/mol. The highest BCUT2D eigenvalue weighted by atomic mass is 79.9. The summed E-state index contributed by atoms with van der Waals surface area (Å²) in [6.45, 7) is 0.426. The first-order chi connectivity index (χ1) is 9.04. The van der Waals surface area contributed by atoms with Crippen molar-refractivity contribution in [1.29, 1.82) is 0 Å². The van der Waals surface area contributed by atoms with Crippen LogP contribution in [0.2, 0.25) is 5.15 Å². The molecule has 0 bridgehead atoms. The molecule has 0 unspecified atom stereocenters. The molecule has 2 rings (SSSR count). The third-order valence-electron chi connectivity index (χ3n) is 2.41. The highest BCUT2D eigenvalue weighted by Gasteiger charge is 2.20. The molecule has 1 amide bonds. The standard InChI is InChI=1S/C10H10BrClN4O3/c1-19-3-2-15(10(17)18)8-4-7(12)14-9-6(11)5-13-16(8)9/h4-5H,2-3H2,1H3,(H,17,18). The molecule has 0 saturated heterocycles. The van der Waals surface area contributed by atoms with E-state index >= 15 is 0 Å². The van der Waals surface area contributed by atoms with Gasteiger partial charge in [-0.05, 0) is 15.9 Å². The zero-order valence-electron chi connectivity index (χ0n) is 9.88. The lowest BCUT2D eigenvalue weighted by atomic mass is 10.4. The average Bonchev–Trinajstić information content (AvgIpc) is 2.71. The summed E-state index contributed by atoms with van der Waals surface area (Å²) in [4.78, 5) is 16.5. The molecule has 0 aromatic carbocycles. The van der Waals surface area contributed by atoms with Crippen LogP contribution in [0.15, 0.2) is 16.7 Å². The van der Waals surface area contributed by atoms with Crippen molar-refractivity contribution in [3.8, 4) is 0 Å². The van der Waals surface area contributed by atoms with Crippen LogP contribution in [0.5, 0.6) is 0 Å². The van der Waals surface area contributed by atoms with Crippen LogP contribution < -0.4 is 4.90 Å². The number of hydrogen-bond donors (Lipinski definition) is 1. The lowest BCUT2D eigenvalue weighted by molar-refractivity contribution is 0.186. The maximum atomic E-state index is 11.3. The minimum atomic E-state index is -1.12. The van der Waals surface area contributed by atoms with E-state index in [0.29, 0.717) is 15.9 Å². The number of methoxy groups -OCH3 is 1. The van der Waals surface area contributed by atoms with Crippen molar-refractivity contribution in [3.05, 3.63) is 21.9 Å². The van der Waals surface area contributed by atoms with Gasteiger partial charge in [0, 0.05) is 13.2 Å². The molecule has 0 aliphatic heterocycles. The quantitative estimate of drug-likeness (QED) is 0.857. The van der Waals surface area contributed by atoms with Crippen molar-refractivity contribution in [2.45, 2.75) is 0 Å². The summed E-state index contributed by atoms with van der Waals surface area (Å²) in [6, 6.07) is 1.44. The van der Waals surface area contributed by atoms with E-state index < -0.39 is 6.09 Å². The van der Waals surface area contributed by atoms with E-state index in [1.54, 1.807) is 0 Å². The summed E-state index contributed by atoms with van der Waals surface area (Å²) >= 11 is 9.19. The van der Waals surface area contributed by atoms with E-state index in [0.717, 1.165) is 4.90 Å². The van der Waals surface area contributed by atoms with Crippen LogP contribution in [-0.2, 0) is 4.74 Å². The largest absolute Gasteiger partial charge is 0.465 e. The number of ether oxygens (including phenoxy) is 1. The first-order valence-electron chi connectivity index (χ1n) is 5.23. The fraction of sp³-hybridized carbons (Fsp3) is 0.300. The van der Waals surface area contributed by atoms with E-state index in [-0.39, 0.29) is 18.3 Å². The van der Waals surface area contributed by atoms with E-state index in [4.69, 9.17) is 16.3 Å². The number of carboxylic acid groups (broad SMARTS) is 1. The number of carbonyl (C=O) groups is 1. The minimum absolute atomic E-state index is 0.165. The van der Waals surface area contributed by atoms with Crippen LogP contribution in [0.25, 0.3) is 5.65 Å². The second-order valence-corrected chi connectivity index (χ2v) is 4.83. The third kappa shape index (κ3) is 2.80. The van der Waals surface area contributed by atoms with Gasteiger partial charge in [-0.25, -0.2) is 9.78 Å². The van der Waals surface area contributed by atoms with Crippen molar-refractivity contribution < 1.29 is 14.6 Å². The molecular weight excluding hydrogens is 339 g/mol. The van der Waals surface area contributed by atoms with Gasteiger partial charge in [-0.15, -0.1) is 0 Å². The van der Waals surface area contributed by atoms with Gasteiger partial charge in [0.2, 0.25) is 0 Å². The summed E-state index contributed by atoms with van der Waals surface area (Å²) in [5.74, 6) is 0.310. The second kappa shape index (κ2) is 5.72. The molecule has 2 aromatic rings. The van der Waals surface area contributed by atoms with E-state index in [1.165, 1.54) is 23.9 Å². The van der Waals surface area contributed by atoms with Gasteiger partial charge in [0.05, 0.1) is 23.8 Å². The summed E-state index contributed by atoms with van der Waals surface area (Å²) in [5.41, 5.74) is 0.450. The minimum Gasteiger partial charge on any atom is -0.465 e. The van der Waals surface area contributed by atoms with Gasteiger partial charge in [-0.3, -0.25) is 4.90 Å². The fourth-order valence-corrected chi connectivity index (χ4v) is 2.10. The molecule has 0 spiro atoms. The summed E-state index contributed by atoms with van der Waals surface area (Å²) in [5, 5.41) is 13.5. The van der Waals surface area contributed by atoms with Gasteiger partial charge in [0.15, 0.2) is 5.65 Å². The lowest BCUT2D eigenvalue weighted by Crippen LogP contribution is -2.34. The predicted octanol–water partition coefficient (Wildman–Crippen LogP) is 2.28. The Morgan fingerprint density at radius 3 is 3.05 bits per heavy atom. The molecule has 7 nitrogen and oxygen atoms in total. The number of anilines is 1. The van der Waals surface area contributed by atoms with E-state index in [2.05, 4.69) is 26.0 Å². The van der Waals surface area contributed by atoms with Crippen LogP contribution in [-0.4, -0.2) is 46.1 Å². The molecule has 19 heavy (non-hydrogen) atoms. The Morgan fingerprint density at radius 2 is 2.42 bits per heavy atom. The lowest BCUT2D eigenvalue weighted by Gasteiger charge is -2.19. The van der Waals surface area contributed by atoms with E-state index in [1.807, 2.05) is 0 Å². The van der Waals surface area contributed by atoms with Crippen molar-refractivity contribution in [2.24, 2.45) is 0 Å². The zero-order valence-corrected chi connectivity index (χ0v) is 12.2. The molecular formula is C10H10BrClN4O3. The Balaban J connectivity index is 2.55. The van der Waals surface area contributed by atoms with Crippen LogP contribution in [0.3, 0.4) is 0 Å². The molecule has 102 valence electrons. The van der Waals surface area contributed by atoms with Gasteiger partial charge in [0.1, 0.15) is 11.0 Å². The molecule has 9 heteroatoms. The Labute approximate surface area is 121 Å². The normalized spacial score (nSPS) is 10.9. The number of halogens is 2. The number of hydrogen-bond acceptors (Lipinski definition) is 4. The van der Waals surface area contributed by atoms with Gasteiger partial charge in [0.25, 0.3) is 0 Å². The van der Waals surface area contributed by atoms with Gasteiger partial charge in [-0.2, -0.15) is 9.61 Å². The fourth-order valence-electron chi connectivity index (χ4n) is 1.57. The second-order valence-electron chi connectivity index (χ2n) is 3.59. The van der Waals surface area contributed by atoms with Crippen molar-refractivity contribution in [2.75, 3.05) is 25.2 Å². The highest BCUT2D eigenvalue weighted by molar-refractivity contribution is 9.10. The third-order valence-corrected chi connectivity index (χ3v) is 3.16. The van der Waals surface area contributed by atoms with Crippen LogP contribution >= 0.6 is 27.5 Å². The van der Waals surface area contributed by atoms with Crippen LogP contribution in [0.4, 0.5) is 10.6 Å². The first-order valence-corrected chi connectivity index (χ1v) is 6.41. The molecule has 0 saturated carbocycles. The molecule has 2 heterocycles. The van der Waals surface area contributed by atoms with Crippen molar-refractivity contribution in [3.63, 3.8) is 0 Å². The Bertz CT molecular complexity index is 618. The van der Waals surface area contributed by atoms with Crippen molar-refractivity contribution >= 4 is 45.1 Å². The van der Waals surface area contributed by atoms with Gasteiger partial charge in [-0.1, -0.05) is 11.6 Å². The van der Waals surface area contributed by atoms with E-state index in [9.17, 15) is 9.90 Å². The summed E-state index contributed by atoms with van der Waals surface area (Å²) in [6.07, 6.45) is 0.408. The number of aromatic nitrogens is 3. The Hall–Kier alpha value is -1.38. The topological polar surface area (TPSA) is 80.0 Å². The molecule has 0 fully saturated rings. The molecule has 1 N–H and O–H groups in total. The number of fused-ring (bicyclic) bond motifs is 1. The van der Waals surface area contributed by atoms with Crippen LogP contribution in [0, 0.1) is 0 Å². The maximum absolute atomic E-state index is 11.3.